The van der Waals surface area contributed by atoms with Gasteiger partial charge in [-0.15, -0.1) is 0 Å². The molecule has 3 N–H and O–H groups in total. The van der Waals surface area contributed by atoms with Gasteiger partial charge in [-0.25, -0.2) is 4.39 Å². The Morgan fingerprint density at radius 3 is 2.79 bits per heavy atom. The average molecular weight is 197 g/mol. The molecule has 0 aliphatic rings. The number of halogens is 1. The summed E-state index contributed by atoms with van der Waals surface area (Å²) in [5.41, 5.74) is 6.02. The Balaban J connectivity index is 2.82. The maximum Gasteiger partial charge on any atom is 0.131 e. The Labute approximate surface area is 83.6 Å². The highest BCUT2D eigenvalue weighted by Gasteiger charge is 2.14. The monoisotopic (exact) mass is 197 g/mol. The molecule has 0 spiro atoms. The van der Waals surface area contributed by atoms with Crippen molar-refractivity contribution in [1.82, 2.24) is 0 Å². The summed E-state index contributed by atoms with van der Waals surface area (Å²) in [5, 5.41) is 9.44. The van der Waals surface area contributed by atoms with Crippen LogP contribution in [0.5, 0.6) is 5.75 Å². The van der Waals surface area contributed by atoms with Crippen LogP contribution in [0, 0.1) is 5.82 Å². The molecule has 1 aromatic rings. The third-order valence-corrected chi connectivity index (χ3v) is 2.27. The molecule has 0 fully saturated rings. The van der Waals surface area contributed by atoms with E-state index in [-0.39, 0.29) is 11.3 Å². The molecular formula is C11H16FNO. The first kappa shape index (κ1) is 11.0. The SMILES string of the molecule is CCCC[C@@H](N)c1c(O)cccc1F. The zero-order valence-corrected chi connectivity index (χ0v) is 8.33. The van der Waals surface area contributed by atoms with E-state index in [0.29, 0.717) is 6.42 Å². The standard InChI is InChI=1S/C11H16FNO/c1-2-3-6-9(13)11-8(12)5-4-7-10(11)14/h4-5,7,9,14H,2-3,6,13H2,1H3/t9-/m1/s1. The third-order valence-electron chi connectivity index (χ3n) is 2.27. The lowest BCUT2D eigenvalue weighted by molar-refractivity contribution is 0.442. The van der Waals surface area contributed by atoms with Gasteiger partial charge in [-0.1, -0.05) is 25.8 Å². The number of phenols is 1. The predicted octanol–water partition coefficient (Wildman–Crippen LogP) is 2.72. The Bertz CT molecular complexity index is 281. The minimum atomic E-state index is -0.423. The minimum Gasteiger partial charge on any atom is -0.508 e. The van der Waals surface area contributed by atoms with Crippen molar-refractivity contribution in [2.75, 3.05) is 0 Å². The zero-order chi connectivity index (χ0) is 10.6. The maximum absolute atomic E-state index is 13.3. The van der Waals surface area contributed by atoms with Crippen molar-refractivity contribution >= 4 is 0 Å². The smallest absolute Gasteiger partial charge is 0.131 e. The van der Waals surface area contributed by atoms with Gasteiger partial charge in [-0.3, -0.25) is 0 Å². The fourth-order valence-electron chi connectivity index (χ4n) is 1.46. The first-order valence-electron chi connectivity index (χ1n) is 4.89. The number of nitrogens with two attached hydrogens (primary N) is 1. The van der Waals surface area contributed by atoms with Crippen molar-refractivity contribution in [1.29, 1.82) is 0 Å². The molecule has 0 amide bonds. The molecule has 3 heteroatoms. The Kier molecular flexibility index (Phi) is 3.89. The molecule has 0 saturated heterocycles. The fraction of sp³-hybridized carbons (Fsp3) is 0.455. The van der Waals surface area contributed by atoms with E-state index in [1.807, 2.05) is 6.92 Å². The molecule has 1 rings (SSSR count). The summed E-state index contributed by atoms with van der Waals surface area (Å²) in [4.78, 5) is 0. The van der Waals surface area contributed by atoms with Gasteiger partial charge >= 0.3 is 0 Å². The number of phenolic OH excluding ortho intramolecular Hbond substituents is 1. The number of aromatic hydroxyl groups is 1. The number of unbranched alkanes of at least 4 members (excludes halogenated alkanes) is 1. The van der Waals surface area contributed by atoms with Gasteiger partial charge in [0.1, 0.15) is 11.6 Å². The second kappa shape index (κ2) is 4.96. The summed E-state index contributed by atoms with van der Waals surface area (Å²) in [7, 11) is 0. The first-order valence-corrected chi connectivity index (χ1v) is 4.89. The van der Waals surface area contributed by atoms with E-state index in [0.717, 1.165) is 12.8 Å². The van der Waals surface area contributed by atoms with Crippen LogP contribution in [0.1, 0.15) is 37.8 Å². The minimum absolute atomic E-state index is 0.0476. The predicted molar refractivity (Wildman–Crippen MR) is 54.5 cm³/mol. The first-order chi connectivity index (χ1) is 6.66. The van der Waals surface area contributed by atoms with Crippen molar-refractivity contribution in [3.8, 4) is 5.75 Å². The molecule has 1 aromatic carbocycles. The quantitative estimate of drug-likeness (QED) is 0.779. The van der Waals surface area contributed by atoms with Gasteiger partial charge in [-0.05, 0) is 18.6 Å². The van der Waals surface area contributed by atoms with Crippen LogP contribution in [0.2, 0.25) is 0 Å². The van der Waals surface area contributed by atoms with Crippen molar-refractivity contribution in [2.45, 2.75) is 32.2 Å². The molecule has 0 aliphatic carbocycles. The average Bonchev–Trinajstić information content (AvgIpc) is 2.14. The number of rotatable bonds is 4. The van der Waals surface area contributed by atoms with E-state index in [1.54, 1.807) is 0 Å². The zero-order valence-electron chi connectivity index (χ0n) is 8.33. The molecule has 0 aliphatic heterocycles. The molecule has 0 unspecified atom stereocenters. The van der Waals surface area contributed by atoms with Crippen LogP contribution >= 0.6 is 0 Å². The topological polar surface area (TPSA) is 46.2 Å². The number of hydrogen-bond donors (Lipinski definition) is 2. The highest BCUT2D eigenvalue weighted by Crippen LogP contribution is 2.28. The van der Waals surface area contributed by atoms with E-state index in [2.05, 4.69) is 0 Å². The van der Waals surface area contributed by atoms with Crippen LogP contribution < -0.4 is 5.73 Å². The van der Waals surface area contributed by atoms with Gasteiger partial charge in [-0.2, -0.15) is 0 Å². The van der Waals surface area contributed by atoms with Crippen LogP contribution in [-0.2, 0) is 0 Å². The Morgan fingerprint density at radius 2 is 2.21 bits per heavy atom. The van der Waals surface area contributed by atoms with E-state index in [4.69, 9.17) is 5.73 Å². The van der Waals surface area contributed by atoms with Gasteiger partial charge in [0, 0.05) is 11.6 Å². The lowest BCUT2D eigenvalue weighted by atomic mass is 10.0. The van der Waals surface area contributed by atoms with Crippen LogP contribution in [-0.4, -0.2) is 5.11 Å². The van der Waals surface area contributed by atoms with Crippen molar-refractivity contribution < 1.29 is 9.50 Å². The molecule has 0 aromatic heterocycles. The van der Waals surface area contributed by atoms with Crippen molar-refractivity contribution in [3.05, 3.63) is 29.6 Å². The molecule has 2 nitrogen and oxygen atoms in total. The van der Waals surface area contributed by atoms with Gasteiger partial charge in [0.05, 0.1) is 0 Å². The fourth-order valence-corrected chi connectivity index (χ4v) is 1.46. The summed E-state index contributed by atoms with van der Waals surface area (Å²) in [6.07, 6.45) is 2.66. The van der Waals surface area contributed by atoms with Crippen LogP contribution in [0.25, 0.3) is 0 Å². The molecule has 0 heterocycles. The van der Waals surface area contributed by atoms with E-state index < -0.39 is 11.9 Å². The third kappa shape index (κ3) is 2.45. The number of hydrogen-bond acceptors (Lipinski definition) is 2. The Hall–Kier alpha value is -1.09. The van der Waals surface area contributed by atoms with Gasteiger partial charge in [0.15, 0.2) is 0 Å². The number of benzene rings is 1. The molecule has 14 heavy (non-hydrogen) atoms. The Morgan fingerprint density at radius 1 is 1.50 bits per heavy atom. The van der Waals surface area contributed by atoms with Crippen molar-refractivity contribution in [3.63, 3.8) is 0 Å². The van der Waals surface area contributed by atoms with Crippen LogP contribution in [0.4, 0.5) is 4.39 Å². The molecule has 78 valence electrons. The highest BCUT2D eigenvalue weighted by atomic mass is 19.1. The summed E-state index contributed by atoms with van der Waals surface area (Å²) in [6, 6.07) is 3.85. The summed E-state index contributed by atoms with van der Waals surface area (Å²) < 4.78 is 13.3. The lowest BCUT2D eigenvalue weighted by Gasteiger charge is -2.13. The van der Waals surface area contributed by atoms with Gasteiger partial charge in [0.25, 0.3) is 0 Å². The van der Waals surface area contributed by atoms with E-state index >= 15 is 0 Å². The van der Waals surface area contributed by atoms with Gasteiger partial charge < -0.3 is 10.8 Å². The molecular weight excluding hydrogens is 181 g/mol. The molecule has 1 atom stereocenters. The van der Waals surface area contributed by atoms with Crippen LogP contribution in [0.15, 0.2) is 18.2 Å². The van der Waals surface area contributed by atoms with Crippen molar-refractivity contribution in [2.24, 2.45) is 5.73 Å². The normalized spacial score (nSPS) is 12.8. The second-order valence-corrected chi connectivity index (χ2v) is 3.42. The van der Waals surface area contributed by atoms with E-state index in [9.17, 15) is 9.50 Å². The molecule has 0 radical (unpaired) electrons. The lowest BCUT2D eigenvalue weighted by Crippen LogP contribution is -2.12. The molecule has 0 bridgehead atoms. The molecule has 0 saturated carbocycles. The summed E-state index contributed by atoms with van der Waals surface area (Å²) in [5.74, 6) is -0.470. The largest absolute Gasteiger partial charge is 0.508 e. The highest BCUT2D eigenvalue weighted by molar-refractivity contribution is 5.35. The second-order valence-electron chi connectivity index (χ2n) is 3.42. The maximum atomic E-state index is 13.3. The summed E-state index contributed by atoms with van der Waals surface area (Å²) >= 11 is 0. The van der Waals surface area contributed by atoms with E-state index in [1.165, 1.54) is 18.2 Å². The summed E-state index contributed by atoms with van der Waals surface area (Å²) in [6.45, 7) is 2.05. The van der Waals surface area contributed by atoms with Gasteiger partial charge in [0.2, 0.25) is 0 Å². The van der Waals surface area contributed by atoms with Crippen LogP contribution in [0.3, 0.4) is 0 Å².